The van der Waals surface area contributed by atoms with Gasteiger partial charge in [0.25, 0.3) is 0 Å². The van der Waals surface area contributed by atoms with Crippen LogP contribution in [0.2, 0.25) is 0 Å². The van der Waals surface area contributed by atoms with Crippen LogP contribution in [0.5, 0.6) is 0 Å². The second-order valence-corrected chi connectivity index (χ2v) is 4.46. The van der Waals surface area contributed by atoms with Gasteiger partial charge in [0.15, 0.2) is 0 Å². The molecule has 1 atom stereocenters. The first-order chi connectivity index (χ1) is 8.08. The Morgan fingerprint density at radius 3 is 2.65 bits per heavy atom. The highest BCUT2D eigenvalue weighted by Gasteiger charge is 2.10. The second kappa shape index (κ2) is 6.43. The van der Waals surface area contributed by atoms with Crippen molar-refractivity contribution in [1.29, 1.82) is 0 Å². The van der Waals surface area contributed by atoms with Crippen LogP contribution in [0.1, 0.15) is 54.1 Å². The normalized spacial score (nSPS) is 10.6. The van der Waals surface area contributed by atoms with E-state index in [9.17, 15) is 4.79 Å². The van der Waals surface area contributed by atoms with Crippen LogP contribution < -0.4 is 0 Å². The quantitative estimate of drug-likeness (QED) is 0.724. The van der Waals surface area contributed by atoms with Gasteiger partial charge in [-0.15, -0.1) is 0 Å². The number of unbranched alkanes of at least 4 members (excludes halogenated alkanes) is 1. The molecule has 1 radical (unpaired) electrons. The zero-order valence-corrected chi connectivity index (χ0v) is 11.0. The van der Waals surface area contributed by atoms with Crippen molar-refractivity contribution in [3.8, 4) is 0 Å². The average Bonchev–Trinajstić information content (AvgIpc) is 2.34. The Morgan fingerprint density at radius 1 is 1.41 bits per heavy atom. The van der Waals surface area contributed by atoms with Crippen LogP contribution in [0, 0.1) is 6.92 Å². The first kappa shape index (κ1) is 13.8. The van der Waals surface area contributed by atoms with Crippen LogP contribution in [0.15, 0.2) is 18.2 Å². The number of methoxy groups -OCH3 is 1. The molecular formula is C15H21O2. The number of benzene rings is 1. The summed E-state index contributed by atoms with van der Waals surface area (Å²) in [7, 11) is 1.41. The van der Waals surface area contributed by atoms with E-state index < -0.39 is 0 Å². The van der Waals surface area contributed by atoms with Crippen molar-refractivity contribution in [3.05, 3.63) is 41.8 Å². The van der Waals surface area contributed by atoms with Crippen LogP contribution in [0.4, 0.5) is 0 Å². The molecule has 0 aromatic heterocycles. The molecule has 0 fully saturated rings. The third-order valence-corrected chi connectivity index (χ3v) is 2.82. The number of hydrogen-bond acceptors (Lipinski definition) is 2. The predicted octanol–water partition coefficient (Wildman–Crippen LogP) is 3.75. The molecule has 93 valence electrons. The fourth-order valence-electron chi connectivity index (χ4n) is 1.76. The third-order valence-electron chi connectivity index (χ3n) is 2.82. The number of aryl methyl sites for hydroxylation is 1. The largest absolute Gasteiger partial charge is 0.465 e. The second-order valence-electron chi connectivity index (χ2n) is 4.46. The van der Waals surface area contributed by atoms with Crippen molar-refractivity contribution in [2.75, 3.05) is 7.11 Å². The minimum atomic E-state index is -0.273. The zero-order chi connectivity index (χ0) is 12.8. The molecule has 0 N–H and O–H groups in total. The molecule has 0 aliphatic carbocycles. The average molecular weight is 233 g/mol. The summed E-state index contributed by atoms with van der Waals surface area (Å²) < 4.78 is 4.77. The number of carbonyl (C=O) groups is 1. The molecule has 0 aliphatic rings. The molecule has 2 nitrogen and oxygen atoms in total. The van der Waals surface area contributed by atoms with E-state index in [1.165, 1.54) is 12.7 Å². The van der Waals surface area contributed by atoms with E-state index in [1.807, 2.05) is 19.1 Å². The van der Waals surface area contributed by atoms with Gasteiger partial charge in [0.2, 0.25) is 0 Å². The molecule has 2 heteroatoms. The Kier molecular flexibility index (Phi) is 5.20. The Balaban J connectivity index is 3.05. The third kappa shape index (κ3) is 3.88. The Hall–Kier alpha value is -1.31. The van der Waals surface area contributed by atoms with Crippen LogP contribution in [0.25, 0.3) is 0 Å². The van der Waals surface area contributed by atoms with E-state index in [4.69, 9.17) is 4.74 Å². The number of ether oxygens (including phenoxy) is 1. The lowest BCUT2D eigenvalue weighted by atomic mass is 9.95. The molecule has 0 bridgehead atoms. The smallest absolute Gasteiger partial charge is 0.337 e. The first-order valence-electron chi connectivity index (χ1n) is 6.13. The van der Waals surface area contributed by atoms with Gasteiger partial charge < -0.3 is 4.74 Å². The maximum absolute atomic E-state index is 11.6. The van der Waals surface area contributed by atoms with E-state index in [1.54, 1.807) is 0 Å². The Labute approximate surface area is 104 Å². The van der Waals surface area contributed by atoms with E-state index in [0.29, 0.717) is 5.56 Å². The summed E-state index contributed by atoms with van der Waals surface area (Å²) >= 11 is 0. The first-order valence-corrected chi connectivity index (χ1v) is 6.13. The molecular weight excluding hydrogens is 212 g/mol. The van der Waals surface area contributed by atoms with Crippen molar-refractivity contribution in [3.63, 3.8) is 0 Å². The van der Waals surface area contributed by atoms with Crippen molar-refractivity contribution < 1.29 is 9.53 Å². The monoisotopic (exact) mass is 233 g/mol. The molecule has 0 saturated heterocycles. The Morgan fingerprint density at radius 2 is 2.12 bits per heavy atom. The van der Waals surface area contributed by atoms with Gasteiger partial charge in [-0.2, -0.15) is 0 Å². The van der Waals surface area contributed by atoms with E-state index >= 15 is 0 Å². The standard InChI is InChI=1S/C15H21O2/c1-5-6-7-12-8-13(11(2)3)10-14(9-12)15(16)17-4/h8-11H,2,5-7H2,1,3-4H3. The number of esters is 1. The van der Waals surface area contributed by atoms with Crippen molar-refractivity contribution in [2.45, 2.75) is 39.0 Å². The molecule has 1 aromatic rings. The van der Waals surface area contributed by atoms with Gasteiger partial charge in [0.1, 0.15) is 0 Å². The predicted molar refractivity (Wildman–Crippen MR) is 70.2 cm³/mol. The summed E-state index contributed by atoms with van der Waals surface area (Å²) in [5, 5.41) is 0. The van der Waals surface area contributed by atoms with Crippen molar-refractivity contribution in [1.82, 2.24) is 0 Å². The molecule has 1 rings (SSSR count). The lowest BCUT2D eigenvalue weighted by Crippen LogP contribution is -2.04. The van der Waals surface area contributed by atoms with Gasteiger partial charge >= 0.3 is 5.97 Å². The number of rotatable bonds is 5. The summed E-state index contributed by atoms with van der Waals surface area (Å²) in [4.78, 5) is 11.6. The van der Waals surface area contributed by atoms with Crippen LogP contribution in [-0.2, 0) is 11.2 Å². The van der Waals surface area contributed by atoms with E-state index in [-0.39, 0.29) is 11.9 Å². The molecule has 0 saturated carbocycles. The van der Waals surface area contributed by atoms with Crippen molar-refractivity contribution in [2.24, 2.45) is 0 Å². The summed E-state index contributed by atoms with van der Waals surface area (Å²) in [6.07, 6.45) is 3.29. The van der Waals surface area contributed by atoms with Crippen LogP contribution in [-0.4, -0.2) is 13.1 Å². The van der Waals surface area contributed by atoms with Crippen LogP contribution in [0.3, 0.4) is 0 Å². The zero-order valence-electron chi connectivity index (χ0n) is 11.0. The number of carbonyl (C=O) groups excluding carboxylic acids is 1. The number of hydrogen-bond donors (Lipinski definition) is 0. The molecule has 0 heterocycles. The maximum atomic E-state index is 11.6. The van der Waals surface area contributed by atoms with Crippen LogP contribution >= 0.6 is 0 Å². The highest BCUT2D eigenvalue weighted by Crippen LogP contribution is 2.20. The fraction of sp³-hybridized carbons (Fsp3) is 0.467. The van der Waals surface area contributed by atoms with Gasteiger partial charge in [0, 0.05) is 0 Å². The Bertz CT molecular complexity index is 381. The van der Waals surface area contributed by atoms with Gasteiger partial charge in [-0.3, -0.25) is 0 Å². The molecule has 1 aromatic carbocycles. The molecule has 0 amide bonds. The summed E-state index contributed by atoms with van der Waals surface area (Å²) in [5.74, 6) is -0.0924. The lowest BCUT2D eigenvalue weighted by molar-refractivity contribution is 0.0600. The minimum Gasteiger partial charge on any atom is -0.465 e. The molecule has 0 aliphatic heterocycles. The van der Waals surface area contributed by atoms with Gasteiger partial charge in [0.05, 0.1) is 12.7 Å². The topological polar surface area (TPSA) is 26.3 Å². The van der Waals surface area contributed by atoms with E-state index in [2.05, 4.69) is 19.9 Å². The molecule has 17 heavy (non-hydrogen) atoms. The summed E-state index contributed by atoms with van der Waals surface area (Å²) in [6.45, 7) is 8.19. The molecule has 1 unspecified atom stereocenters. The highest BCUT2D eigenvalue weighted by atomic mass is 16.5. The van der Waals surface area contributed by atoms with Crippen molar-refractivity contribution >= 4 is 5.97 Å². The summed E-state index contributed by atoms with van der Waals surface area (Å²) in [6, 6.07) is 5.94. The highest BCUT2D eigenvalue weighted by molar-refractivity contribution is 5.89. The van der Waals surface area contributed by atoms with Gasteiger partial charge in [-0.05, 0) is 48.9 Å². The molecule has 0 spiro atoms. The fourth-order valence-corrected chi connectivity index (χ4v) is 1.76. The maximum Gasteiger partial charge on any atom is 0.337 e. The van der Waals surface area contributed by atoms with E-state index in [0.717, 1.165) is 24.8 Å². The van der Waals surface area contributed by atoms with Gasteiger partial charge in [-0.25, -0.2) is 4.79 Å². The SMILES string of the molecule is [CH2]C(C)c1cc(CCCC)cc(C(=O)OC)c1. The minimum absolute atomic E-state index is 0.181. The summed E-state index contributed by atoms with van der Waals surface area (Å²) in [5.41, 5.74) is 2.92. The lowest BCUT2D eigenvalue weighted by Gasteiger charge is -2.11. The van der Waals surface area contributed by atoms with Gasteiger partial charge in [-0.1, -0.05) is 26.3 Å².